The van der Waals surface area contributed by atoms with Gasteiger partial charge in [0.25, 0.3) is 0 Å². The highest BCUT2D eigenvalue weighted by Gasteiger charge is 2.60. The van der Waals surface area contributed by atoms with Gasteiger partial charge in [-0.1, -0.05) is 0 Å². The zero-order valence-corrected chi connectivity index (χ0v) is 12.0. The summed E-state index contributed by atoms with van der Waals surface area (Å²) in [5.74, 6) is -1.87. The number of methoxy groups -OCH3 is 1. The van der Waals surface area contributed by atoms with Crippen LogP contribution < -0.4 is 20.1 Å². The molecule has 2 heterocycles. The van der Waals surface area contributed by atoms with Crippen molar-refractivity contribution >= 4 is 6.03 Å². The summed E-state index contributed by atoms with van der Waals surface area (Å²) < 4.78 is 37.7. The number of benzene rings is 1. The molecule has 0 spiro atoms. The van der Waals surface area contributed by atoms with Crippen LogP contribution in [-0.4, -0.2) is 24.8 Å². The lowest BCUT2D eigenvalue weighted by Gasteiger charge is -2.54. The summed E-state index contributed by atoms with van der Waals surface area (Å²) in [5.41, 5.74) is -0.217. The van der Waals surface area contributed by atoms with Crippen molar-refractivity contribution in [3.63, 3.8) is 0 Å². The molecule has 0 radical (unpaired) electrons. The first-order valence-corrected chi connectivity index (χ1v) is 7.24. The molecular weight excluding hydrogens is 294 g/mol. The van der Waals surface area contributed by atoms with Gasteiger partial charge in [0.1, 0.15) is 11.5 Å². The van der Waals surface area contributed by atoms with Crippen molar-refractivity contribution in [3.05, 3.63) is 23.8 Å². The Hall–Kier alpha value is -2.05. The second kappa shape index (κ2) is 4.24. The van der Waals surface area contributed by atoms with E-state index in [9.17, 15) is 13.6 Å². The number of nitrogens with one attached hydrogen (secondary N) is 2. The summed E-state index contributed by atoms with van der Waals surface area (Å²) >= 11 is 0. The number of halogens is 2. The van der Waals surface area contributed by atoms with Gasteiger partial charge >= 0.3 is 6.03 Å². The van der Waals surface area contributed by atoms with E-state index >= 15 is 0 Å². The fourth-order valence-electron chi connectivity index (χ4n) is 3.60. The minimum atomic E-state index is -2.66. The molecule has 7 heteroatoms. The maximum Gasteiger partial charge on any atom is 0.318 e. The molecule has 3 aliphatic rings. The maximum atomic E-state index is 13.3. The van der Waals surface area contributed by atoms with Gasteiger partial charge in [0, 0.05) is 36.8 Å². The zero-order chi connectivity index (χ0) is 15.5. The molecule has 0 aromatic heterocycles. The quantitative estimate of drug-likeness (QED) is 0.882. The van der Waals surface area contributed by atoms with Crippen LogP contribution in [0, 0.1) is 5.92 Å². The molecule has 2 aliphatic heterocycles. The first kappa shape index (κ1) is 13.6. The van der Waals surface area contributed by atoms with E-state index < -0.39 is 17.6 Å². The predicted octanol–water partition coefficient (Wildman–Crippen LogP) is 2.57. The maximum absolute atomic E-state index is 13.3. The van der Waals surface area contributed by atoms with Crippen LogP contribution in [0.1, 0.15) is 30.9 Å². The monoisotopic (exact) mass is 310 g/mol. The van der Waals surface area contributed by atoms with Crippen molar-refractivity contribution in [2.45, 2.75) is 37.0 Å². The molecule has 22 heavy (non-hydrogen) atoms. The number of urea groups is 1. The summed E-state index contributed by atoms with van der Waals surface area (Å²) in [5, 5.41) is 5.56. The average molecular weight is 310 g/mol. The Balaban J connectivity index is 1.72. The van der Waals surface area contributed by atoms with E-state index in [-0.39, 0.29) is 24.9 Å². The summed E-state index contributed by atoms with van der Waals surface area (Å²) in [6.45, 7) is 0. The van der Waals surface area contributed by atoms with Gasteiger partial charge < -0.3 is 14.8 Å². The summed E-state index contributed by atoms with van der Waals surface area (Å²) in [6.07, 6.45) is -0.0859. The third kappa shape index (κ3) is 1.91. The van der Waals surface area contributed by atoms with Gasteiger partial charge in [-0.15, -0.1) is 0 Å². The normalized spacial score (nSPS) is 32.0. The number of hydrogen-bond donors (Lipinski definition) is 2. The Kier molecular flexibility index (Phi) is 2.62. The van der Waals surface area contributed by atoms with E-state index in [2.05, 4.69) is 10.6 Å². The smallest absolute Gasteiger partial charge is 0.318 e. The average Bonchev–Trinajstić information content (AvgIpc) is 2.43. The topological polar surface area (TPSA) is 59.6 Å². The third-order valence-corrected chi connectivity index (χ3v) is 4.78. The molecule has 2 unspecified atom stereocenters. The molecule has 2 bridgehead atoms. The predicted molar refractivity (Wildman–Crippen MR) is 73.0 cm³/mol. The van der Waals surface area contributed by atoms with Crippen molar-refractivity contribution in [3.8, 4) is 11.5 Å². The van der Waals surface area contributed by atoms with Crippen LogP contribution in [-0.2, 0) is 0 Å². The van der Waals surface area contributed by atoms with Gasteiger partial charge in [-0.25, -0.2) is 13.6 Å². The summed E-state index contributed by atoms with van der Waals surface area (Å²) in [7, 11) is 1.55. The van der Waals surface area contributed by atoms with Crippen molar-refractivity contribution in [2.75, 3.05) is 7.11 Å². The lowest BCUT2D eigenvalue weighted by molar-refractivity contribution is -0.184. The van der Waals surface area contributed by atoms with Gasteiger partial charge in [-0.2, -0.15) is 0 Å². The number of carbonyl (C=O) groups is 1. The number of carbonyl (C=O) groups excluding carboxylic acids is 1. The molecular formula is C15H16F2N2O3. The molecule has 4 rings (SSSR count). The van der Waals surface area contributed by atoms with E-state index in [1.54, 1.807) is 19.2 Å². The molecule has 2 N–H and O–H groups in total. The fraction of sp³-hybridized carbons (Fsp3) is 0.533. The minimum Gasteiger partial charge on any atom is -0.497 e. The van der Waals surface area contributed by atoms with Gasteiger partial charge in [-0.05, 0) is 12.1 Å². The lowest BCUT2D eigenvalue weighted by Crippen LogP contribution is -2.70. The number of ether oxygens (including phenoxy) is 2. The van der Waals surface area contributed by atoms with Crippen molar-refractivity contribution in [2.24, 2.45) is 5.92 Å². The molecule has 1 saturated heterocycles. The molecule has 5 nitrogen and oxygen atoms in total. The molecule has 2 amide bonds. The zero-order valence-electron chi connectivity index (χ0n) is 12.0. The van der Waals surface area contributed by atoms with E-state index in [0.29, 0.717) is 17.9 Å². The number of hydrogen-bond acceptors (Lipinski definition) is 3. The second-order valence-electron chi connectivity index (χ2n) is 6.21. The largest absolute Gasteiger partial charge is 0.497 e. The fourth-order valence-corrected chi connectivity index (χ4v) is 3.60. The van der Waals surface area contributed by atoms with Crippen LogP contribution >= 0.6 is 0 Å². The van der Waals surface area contributed by atoms with E-state index in [4.69, 9.17) is 9.47 Å². The first-order valence-electron chi connectivity index (χ1n) is 7.24. The molecule has 1 aliphatic carbocycles. The van der Waals surface area contributed by atoms with Crippen LogP contribution in [0.5, 0.6) is 11.5 Å². The molecule has 1 aromatic rings. The Morgan fingerprint density at radius 3 is 2.77 bits per heavy atom. The second-order valence-corrected chi connectivity index (χ2v) is 6.21. The van der Waals surface area contributed by atoms with E-state index in [1.807, 2.05) is 6.07 Å². The van der Waals surface area contributed by atoms with Crippen LogP contribution in [0.3, 0.4) is 0 Å². The summed E-state index contributed by atoms with van der Waals surface area (Å²) in [6, 6.07) is 4.74. The van der Waals surface area contributed by atoms with Crippen molar-refractivity contribution < 1.29 is 23.0 Å². The van der Waals surface area contributed by atoms with Gasteiger partial charge in [0.05, 0.1) is 13.2 Å². The van der Waals surface area contributed by atoms with Crippen molar-refractivity contribution in [1.29, 1.82) is 0 Å². The van der Waals surface area contributed by atoms with Crippen LogP contribution in [0.25, 0.3) is 0 Å². The Bertz CT molecular complexity index is 644. The molecule has 2 fully saturated rings. The number of rotatable bonds is 2. The van der Waals surface area contributed by atoms with Crippen LogP contribution in [0.15, 0.2) is 18.2 Å². The number of alkyl halides is 2. The highest BCUT2D eigenvalue weighted by molar-refractivity contribution is 5.77. The van der Waals surface area contributed by atoms with Gasteiger partial charge in [0.2, 0.25) is 5.92 Å². The Labute approximate surface area is 126 Å². The van der Waals surface area contributed by atoms with E-state index in [1.165, 1.54) is 0 Å². The third-order valence-electron chi connectivity index (χ3n) is 4.78. The minimum absolute atomic E-state index is 0.238. The van der Waals surface area contributed by atoms with Crippen LogP contribution in [0.2, 0.25) is 0 Å². The highest BCUT2D eigenvalue weighted by atomic mass is 19.3. The molecule has 1 saturated carbocycles. The van der Waals surface area contributed by atoms with Gasteiger partial charge in [-0.3, -0.25) is 5.32 Å². The van der Waals surface area contributed by atoms with Crippen molar-refractivity contribution in [1.82, 2.24) is 10.6 Å². The highest BCUT2D eigenvalue weighted by Crippen LogP contribution is 2.54. The summed E-state index contributed by atoms with van der Waals surface area (Å²) in [4.78, 5) is 11.9. The standard InChI is InChI=1S/C15H16F2N2O3/c1-21-9-2-3-10-11-7-15(19-13(20)18-11,22-12(10)4-9)8-5-14(16,17)6-8/h2-4,8,11H,5-7H2,1H3,(H2,18,19,20). The molecule has 2 atom stereocenters. The number of fused-ring (bicyclic) bond motifs is 4. The van der Waals surface area contributed by atoms with Gasteiger partial charge in [0.15, 0.2) is 5.72 Å². The first-order chi connectivity index (χ1) is 10.4. The molecule has 118 valence electrons. The van der Waals surface area contributed by atoms with E-state index in [0.717, 1.165) is 5.56 Å². The molecule has 1 aromatic carbocycles. The Morgan fingerprint density at radius 2 is 2.09 bits per heavy atom. The lowest BCUT2D eigenvalue weighted by atomic mass is 9.70. The Morgan fingerprint density at radius 1 is 1.32 bits per heavy atom. The van der Waals surface area contributed by atoms with Crippen LogP contribution in [0.4, 0.5) is 13.6 Å². The SMILES string of the molecule is COc1ccc2c(c1)OC1(C3CC(F)(F)C3)CC2NC(=O)N1. The number of amides is 2.